The van der Waals surface area contributed by atoms with Crippen LogP contribution < -0.4 is 10.5 Å². The second-order valence-corrected chi connectivity index (χ2v) is 4.75. The summed E-state index contributed by atoms with van der Waals surface area (Å²) in [6.07, 6.45) is 7.44. The van der Waals surface area contributed by atoms with Crippen molar-refractivity contribution in [2.45, 2.75) is 24.7 Å². The van der Waals surface area contributed by atoms with Gasteiger partial charge < -0.3 is 10.5 Å². The second-order valence-electron chi connectivity index (χ2n) is 4.75. The molecule has 0 amide bonds. The van der Waals surface area contributed by atoms with Gasteiger partial charge in [0.05, 0.1) is 13.3 Å². The number of ether oxygens (including phenoxy) is 1. The third-order valence-electron chi connectivity index (χ3n) is 3.93. The number of rotatable bonds is 3. The number of hydrogen-bond acceptors (Lipinski definition) is 3. The van der Waals surface area contributed by atoms with E-state index in [0.29, 0.717) is 6.54 Å². The molecule has 2 N–H and O–H groups in total. The molecule has 0 bridgehead atoms. The minimum absolute atomic E-state index is 0.0821. The van der Waals surface area contributed by atoms with Crippen LogP contribution in [0.25, 0.3) is 5.52 Å². The van der Waals surface area contributed by atoms with E-state index in [4.69, 9.17) is 10.5 Å². The first kappa shape index (κ1) is 10.6. The van der Waals surface area contributed by atoms with Crippen LogP contribution in [0.5, 0.6) is 5.75 Å². The van der Waals surface area contributed by atoms with Crippen molar-refractivity contribution in [3.05, 3.63) is 30.4 Å². The van der Waals surface area contributed by atoms with Crippen LogP contribution in [0.1, 0.15) is 25.1 Å². The SMILES string of the molecule is COc1cccn2c(C3(CN)CCC3)ncc12. The summed E-state index contributed by atoms with van der Waals surface area (Å²) in [5.74, 6) is 1.94. The molecule has 0 atom stereocenters. The monoisotopic (exact) mass is 231 g/mol. The number of aromatic nitrogens is 2. The normalized spacial score (nSPS) is 18.0. The number of fused-ring (bicyclic) bond motifs is 1. The van der Waals surface area contributed by atoms with Gasteiger partial charge in [-0.3, -0.25) is 4.40 Å². The third kappa shape index (κ3) is 1.37. The highest BCUT2D eigenvalue weighted by molar-refractivity contribution is 5.59. The van der Waals surface area contributed by atoms with Crippen molar-refractivity contribution in [3.8, 4) is 5.75 Å². The van der Waals surface area contributed by atoms with Gasteiger partial charge in [-0.25, -0.2) is 4.98 Å². The van der Waals surface area contributed by atoms with Crippen LogP contribution in [0.3, 0.4) is 0 Å². The van der Waals surface area contributed by atoms with E-state index in [0.717, 1.165) is 29.9 Å². The summed E-state index contributed by atoms with van der Waals surface area (Å²) in [6, 6.07) is 3.94. The minimum Gasteiger partial charge on any atom is -0.494 e. The van der Waals surface area contributed by atoms with Crippen molar-refractivity contribution >= 4 is 5.52 Å². The Labute approximate surface area is 100 Å². The first-order valence-electron chi connectivity index (χ1n) is 6.01. The van der Waals surface area contributed by atoms with Crippen LogP contribution in [0.4, 0.5) is 0 Å². The molecule has 1 aliphatic rings. The summed E-state index contributed by atoms with van der Waals surface area (Å²) in [5, 5.41) is 0. The Morgan fingerprint density at radius 2 is 2.35 bits per heavy atom. The van der Waals surface area contributed by atoms with Gasteiger partial charge in [-0.1, -0.05) is 6.42 Å². The van der Waals surface area contributed by atoms with Crippen LogP contribution in [-0.2, 0) is 5.41 Å². The zero-order valence-electron chi connectivity index (χ0n) is 10.0. The van der Waals surface area contributed by atoms with E-state index in [1.807, 2.05) is 24.5 Å². The van der Waals surface area contributed by atoms with Gasteiger partial charge in [-0.2, -0.15) is 0 Å². The molecule has 2 heterocycles. The van der Waals surface area contributed by atoms with Gasteiger partial charge in [0, 0.05) is 18.2 Å². The molecule has 2 aromatic heterocycles. The molecular formula is C13H17N3O. The van der Waals surface area contributed by atoms with Crippen molar-refractivity contribution in [3.63, 3.8) is 0 Å². The largest absolute Gasteiger partial charge is 0.494 e. The van der Waals surface area contributed by atoms with E-state index in [-0.39, 0.29) is 5.41 Å². The van der Waals surface area contributed by atoms with Crippen molar-refractivity contribution < 1.29 is 4.74 Å². The summed E-state index contributed by atoms with van der Waals surface area (Å²) < 4.78 is 7.46. The molecule has 0 aromatic carbocycles. The Hall–Kier alpha value is -1.55. The molecule has 1 aliphatic carbocycles. The number of nitrogens with two attached hydrogens (primary N) is 1. The third-order valence-corrected chi connectivity index (χ3v) is 3.93. The summed E-state index contributed by atoms with van der Waals surface area (Å²) in [7, 11) is 1.68. The molecule has 3 rings (SSSR count). The minimum atomic E-state index is 0.0821. The van der Waals surface area contributed by atoms with Gasteiger partial charge in [0.1, 0.15) is 17.1 Å². The highest BCUT2D eigenvalue weighted by Crippen LogP contribution is 2.42. The van der Waals surface area contributed by atoms with Gasteiger partial charge in [-0.05, 0) is 25.0 Å². The lowest BCUT2D eigenvalue weighted by Gasteiger charge is -2.39. The fourth-order valence-electron chi connectivity index (χ4n) is 2.68. The average Bonchev–Trinajstić information content (AvgIpc) is 2.73. The van der Waals surface area contributed by atoms with Crippen molar-refractivity contribution in [2.75, 3.05) is 13.7 Å². The molecular weight excluding hydrogens is 214 g/mol. The van der Waals surface area contributed by atoms with E-state index in [1.54, 1.807) is 7.11 Å². The van der Waals surface area contributed by atoms with Crippen molar-refractivity contribution in [2.24, 2.45) is 5.73 Å². The summed E-state index contributed by atoms with van der Waals surface area (Å²) >= 11 is 0. The fraction of sp³-hybridized carbons (Fsp3) is 0.462. The maximum atomic E-state index is 5.94. The molecule has 17 heavy (non-hydrogen) atoms. The van der Waals surface area contributed by atoms with Crippen LogP contribution in [-0.4, -0.2) is 23.0 Å². The number of pyridine rings is 1. The summed E-state index contributed by atoms with van der Waals surface area (Å²) in [5.41, 5.74) is 7.04. The van der Waals surface area contributed by atoms with E-state index in [1.165, 1.54) is 6.42 Å². The fourth-order valence-corrected chi connectivity index (χ4v) is 2.68. The summed E-state index contributed by atoms with van der Waals surface area (Å²) in [4.78, 5) is 4.57. The van der Waals surface area contributed by atoms with E-state index < -0.39 is 0 Å². The molecule has 1 fully saturated rings. The Morgan fingerprint density at radius 1 is 1.53 bits per heavy atom. The first-order chi connectivity index (χ1) is 8.30. The van der Waals surface area contributed by atoms with Gasteiger partial charge in [0.25, 0.3) is 0 Å². The quantitative estimate of drug-likeness (QED) is 0.875. The van der Waals surface area contributed by atoms with E-state index >= 15 is 0 Å². The Bertz CT molecular complexity index is 537. The number of imidazole rings is 1. The maximum Gasteiger partial charge on any atom is 0.144 e. The Balaban J connectivity index is 2.18. The topological polar surface area (TPSA) is 52.5 Å². The molecule has 4 nitrogen and oxygen atoms in total. The average molecular weight is 231 g/mol. The molecule has 90 valence electrons. The first-order valence-corrected chi connectivity index (χ1v) is 6.01. The Morgan fingerprint density at radius 3 is 2.94 bits per heavy atom. The van der Waals surface area contributed by atoms with Gasteiger partial charge >= 0.3 is 0 Å². The molecule has 4 heteroatoms. The molecule has 0 aliphatic heterocycles. The molecule has 0 radical (unpaired) electrons. The molecule has 2 aromatic rings. The van der Waals surface area contributed by atoms with Crippen molar-refractivity contribution in [1.82, 2.24) is 9.38 Å². The van der Waals surface area contributed by atoms with Gasteiger partial charge in [-0.15, -0.1) is 0 Å². The maximum absolute atomic E-state index is 5.94. The number of nitrogens with zero attached hydrogens (tertiary/aromatic N) is 2. The highest BCUT2D eigenvalue weighted by Gasteiger charge is 2.40. The second kappa shape index (κ2) is 3.74. The predicted octanol–water partition coefficient (Wildman–Crippen LogP) is 1.72. The highest BCUT2D eigenvalue weighted by atomic mass is 16.5. The number of methoxy groups -OCH3 is 1. The van der Waals surface area contributed by atoms with Gasteiger partial charge in [0.15, 0.2) is 0 Å². The van der Waals surface area contributed by atoms with Gasteiger partial charge in [0.2, 0.25) is 0 Å². The van der Waals surface area contributed by atoms with E-state index in [9.17, 15) is 0 Å². The van der Waals surface area contributed by atoms with Crippen LogP contribution in [0.2, 0.25) is 0 Å². The van der Waals surface area contributed by atoms with E-state index in [2.05, 4.69) is 9.38 Å². The van der Waals surface area contributed by atoms with Crippen LogP contribution >= 0.6 is 0 Å². The molecule has 0 spiro atoms. The zero-order chi connectivity index (χ0) is 11.9. The molecule has 1 saturated carbocycles. The lowest BCUT2D eigenvalue weighted by molar-refractivity contribution is 0.237. The van der Waals surface area contributed by atoms with Crippen molar-refractivity contribution in [1.29, 1.82) is 0 Å². The number of hydrogen-bond donors (Lipinski definition) is 1. The summed E-state index contributed by atoms with van der Waals surface area (Å²) in [6.45, 7) is 0.670. The van der Waals surface area contributed by atoms with Crippen LogP contribution in [0, 0.1) is 0 Å². The Kier molecular flexibility index (Phi) is 2.33. The lowest BCUT2D eigenvalue weighted by atomic mass is 9.68. The lowest BCUT2D eigenvalue weighted by Crippen LogP contribution is -2.43. The standard InChI is InChI=1S/C13H17N3O/c1-17-11-4-2-7-16-10(11)8-15-12(16)13(9-14)5-3-6-13/h2,4,7-8H,3,5-6,9,14H2,1H3. The predicted molar refractivity (Wildman–Crippen MR) is 66.3 cm³/mol. The zero-order valence-corrected chi connectivity index (χ0v) is 10.0. The molecule has 0 unspecified atom stereocenters. The molecule has 0 saturated heterocycles. The van der Waals surface area contributed by atoms with Crippen LogP contribution in [0.15, 0.2) is 24.5 Å². The smallest absolute Gasteiger partial charge is 0.144 e.